The Hall–Kier alpha value is -0.730. The van der Waals surface area contributed by atoms with Crippen molar-refractivity contribution in [2.75, 3.05) is 11.9 Å². The molecule has 0 spiro atoms. The first-order valence-electron chi connectivity index (χ1n) is 5.83. The minimum atomic E-state index is 0.446. The Labute approximate surface area is 102 Å². The van der Waals surface area contributed by atoms with E-state index in [0.29, 0.717) is 12.1 Å². The lowest BCUT2D eigenvalue weighted by Crippen LogP contribution is -2.40. The summed E-state index contributed by atoms with van der Waals surface area (Å²) in [5.41, 5.74) is 2.39. The van der Waals surface area contributed by atoms with Crippen molar-refractivity contribution in [3.63, 3.8) is 0 Å². The van der Waals surface area contributed by atoms with Gasteiger partial charge >= 0.3 is 0 Å². The predicted molar refractivity (Wildman–Crippen MR) is 68.2 cm³/mol. The second kappa shape index (κ2) is 5.07. The van der Waals surface area contributed by atoms with Crippen LogP contribution in [0.2, 0.25) is 5.02 Å². The Morgan fingerprint density at radius 1 is 1.44 bits per heavy atom. The molecule has 0 aromatic heterocycles. The highest BCUT2D eigenvalue weighted by molar-refractivity contribution is 6.30. The van der Waals surface area contributed by atoms with Crippen molar-refractivity contribution in [1.82, 2.24) is 0 Å². The molecule has 0 bridgehead atoms. The van der Waals surface area contributed by atoms with Gasteiger partial charge in [-0.3, -0.25) is 0 Å². The molecule has 1 aromatic carbocycles. The number of rotatable bonds is 4. The minimum absolute atomic E-state index is 0.446. The molecule has 0 unspecified atom stereocenters. The number of ether oxygens (including phenoxy) is 1. The number of halogens is 1. The molecule has 2 rings (SSSR count). The van der Waals surface area contributed by atoms with Crippen molar-refractivity contribution in [1.29, 1.82) is 0 Å². The highest BCUT2D eigenvalue weighted by Gasteiger charge is 2.29. The molecule has 3 heteroatoms. The first-order chi connectivity index (χ1) is 7.69. The first-order valence-corrected chi connectivity index (χ1v) is 6.21. The average Bonchev–Trinajstić information content (AvgIpc) is 2.20. The van der Waals surface area contributed by atoms with Gasteiger partial charge in [-0.15, -0.1) is 0 Å². The molecular formula is C13H18ClNO. The van der Waals surface area contributed by atoms with Crippen LogP contribution in [0.5, 0.6) is 0 Å². The van der Waals surface area contributed by atoms with Crippen LogP contribution in [0.4, 0.5) is 5.69 Å². The number of anilines is 1. The summed E-state index contributed by atoms with van der Waals surface area (Å²) in [5, 5.41) is 4.30. The maximum atomic E-state index is 5.98. The lowest BCUT2D eigenvalue weighted by molar-refractivity contribution is 0.00298. The molecule has 88 valence electrons. The van der Waals surface area contributed by atoms with E-state index < -0.39 is 0 Å². The van der Waals surface area contributed by atoms with Gasteiger partial charge in [-0.25, -0.2) is 0 Å². The molecule has 1 aliphatic carbocycles. The van der Waals surface area contributed by atoms with E-state index in [1.165, 1.54) is 5.56 Å². The fraction of sp³-hybridized carbons (Fsp3) is 0.538. The highest BCUT2D eigenvalue weighted by atomic mass is 35.5. The van der Waals surface area contributed by atoms with Gasteiger partial charge in [-0.1, -0.05) is 17.7 Å². The van der Waals surface area contributed by atoms with Gasteiger partial charge in [0.2, 0.25) is 0 Å². The number of hydrogen-bond donors (Lipinski definition) is 1. The number of aryl methyl sites for hydroxylation is 1. The lowest BCUT2D eigenvalue weighted by atomic mass is 9.89. The molecule has 0 saturated heterocycles. The van der Waals surface area contributed by atoms with Gasteiger partial charge in [0.05, 0.1) is 6.10 Å². The Balaban J connectivity index is 1.89. The maximum Gasteiger partial charge on any atom is 0.0614 e. The van der Waals surface area contributed by atoms with E-state index >= 15 is 0 Å². The molecule has 1 N–H and O–H groups in total. The van der Waals surface area contributed by atoms with E-state index in [2.05, 4.69) is 12.2 Å². The molecule has 16 heavy (non-hydrogen) atoms. The van der Waals surface area contributed by atoms with Crippen LogP contribution in [0.25, 0.3) is 0 Å². The highest BCUT2D eigenvalue weighted by Crippen LogP contribution is 2.29. The van der Waals surface area contributed by atoms with Gasteiger partial charge < -0.3 is 10.1 Å². The lowest BCUT2D eigenvalue weighted by Gasteiger charge is -2.36. The van der Waals surface area contributed by atoms with Crippen molar-refractivity contribution >= 4 is 17.3 Å². The van der Waals surface area contributed by atoms with E-state index in [4.69, 9.17) is 16.3 Å². The smallest absolute Gasteiger partial charge is 0.0614 e. The Morgan fingerprint density at radius 2 is 2.19 bits per heavy atom. The first kappa shape index (κ1) is 11.7. The zero-order chi connectivity index (χ0) is 11.5. The number of benzene rings is 1. The maximum absolute atomic E-state index is 5.98. The van der Waals surface area contributed by atoms with Crippen molar-refractivity contribution in [2.45, 2.75) is 38.8 Å². The molecule has 1 aromatic rings. The second-order valence-corrected chi connectivity index (χ2v) is 4.79. The van der Waals surface area contributed by atoms with Crippen molar-refractivity contribution in [3.8, 4) is 0 Å². The normalized spacial score (nSPS) is 23.9. The molecule has 1 aliphatic rings. The molecule has 0 radical (unpaired) electrons. The van der Waals surface area contributed by atoms with E-state index in [0.717, 1.165) is 30.2 Å². The number of nitrogens with one attached hydrogen (secondary N) is 1. The van der Waals surface area contributed by atoms with Gasteiger partial charge in [-0.2, -0.15) is 0 Å². The summed E-state index contributed by atoms with van der Waals surface area (Å²) in [6.45, 7) is 4.95. The standard InChI is InChI=1S/C13H18ClNO/c1-3-16-12-7-11(8-12)15-13-6-10(14)5-4-9(13)2/h4-6,11-12,15H,3,7-8H2,1-2H3. The van der Waals surface area contributed by atoms with Crippen molar-refractivity contribution in [2.24, 2.45) is 0 Å². The van der Waals surface area contributed by atoms with Crippen LogP contribution < -0.4 is 5.32 Å². The van der Waals surface area contributed by atoms with E-state index in [1.54, 1.807) is 0 Å². The molecule has 0 atom stereocenters. The van der Waals surface area contributed by atoms with Crippen molar-refractivity contribution in [3.05, 3.63) is 28.8 Å². The van der Waals surface area contributed by atoms with Gasteiger partial charge in [0, 0.05) is 23.4 Å². The van der Waals surface area contributed by atoms with Crippen LogP contribution in [-0.4, -0.2) is 18.8 Å². The third-order valence-corrected chi connectivity index (χ3v) is 3.29. The van der Waals surface area contributed by atoms with Crippen molar-refractivity contribution < 1.29 is 4.74 Å². The zero-order valence-corrected chi connectivity index (χ0v) is 10.6. The summed E-state index contributed by atoms with van der Waals surface area (Å²) >= 11 is 5.98. The SMILES string of the molecule is CCOC1CC(Nc2cc(Cl)ccc2C)C1. The summed E-state index contributed by atoms with van der Waals surface area (Å²) in [5.74, 6) is 0. The predicted octanol–water partition coefficient (Wildman–Crippen LogP) is 3.63. The van der Waals surface area contributed by atoms with E-state index in [1.807, 2.05) is 25.1 Å². The molecule has 0 aliphatic heterocycles. The molecule has 0 amide bonds. The molecule has 2 nitrogen and oxygen atoms in total. The summed E-state index contributed by atoms with van der Waals surface area (Å²) < 4.78 is 5.53. The summed E-state index contributed by atoms with van der Waals surface area (Å²) in [6, 6.07) is 6.49. The van der Waals surface area contributed by atoms with Crippen LogP contribution in [-0.2, 0) is 4.74 Å². The third kappa shape index (κ3) is 2.69. The minimum Gasteiger partial charge on any atom is -0.382 e. The summed E-state index contributed by atoms with van der Waals surface area (Å²) in [6.07, 6.45) is 2.64. The van der Waals surface area contributed by atoms with E-state index in [9.17, 15) is 0 Å². The topological polar surface area (TPSA) is 21.3 Å². The Kier molecular flexibility index (Phi) is 3.72. The number of hydrogen-bond acceptors (Lipinski definition) is 2. The fourth-order valence-electron chi connectivity index (χ4n) is 2.02. The van der Waals surface area contributed by atoms with Gasteiger partial charge in [0.1, 0.15) is 0 Å². The summed E-state index contributed by atoms with van der Waals surface area (Å²) in [4.78, 5) is 0. The molecular weight excluding hydrogens is 222 g/mol. The molecule has 1 saturated carbocycles. The third-order valence-electron chi connectivity index (χ3n) is 3.06. The summed E-state index contributed by atoms with van der Waals surface area (Å²) in [7, 11) is 0. The van der Waals surface area contributed by atoms with Gasteiger partial charge in [0.25, 0.3) is 0 Å². The fourth-order valence-corrected chi connectivity index (χ4v) is 2.20. The van der Waals surface area contributed by atoms with Crippen LogP contribution >= 0.6 is 11.6 Å². The largest absolute Gasteiger partial charge is 0.382 e. The van der Waals surface area contributed by atoms with Gasteiger partial charge in [-0.05, 0) is 44.4 Å². The van der Waals surface area contributed by atoms with E-state index in [-0.39, 0.29) is 0 Å². The average molecular weight is 240 g/mol. The molecule has 0 heterocycles. The van der Waals surface area contributed by atoms with Crippen LogP contribution in [0.1, 0.15) is 25.3 Å². The van der Waals surface area contributed by atoms with Gasteiger partial charge in [0.15, 0.2) is 0 Å². The molecule has 1 fully saturated rings. The van der Waals surface area contributed by atoms with Crippen LogP contribution in [0.15, 0.2) is 18.2 Å². The Bertz CT molecular complexity index is 361. The second-order valence-electron chi connectivity index (χ2n) is 4.35. The monoisotopic (exact) mass is 239 g/mol. The zero-order valence-electron chi connectivity index (χ0n) is 9.79. The van der Waals surface area contributed by atoms with Crippen LogP contribution in [0, 0.1) is 6.92 Å². The van der Waals surface area contributed by atoms with Crippen LogP contribution in [0.3, 0.4) is 0 Å². The Morgan fingerprint density at radius 3 is 2.88 bits per heavy atom. The quantitative estimate of drug-likeness (QED) is 0.867.